The van der Waals surface area contributed by atoms with E-state index >= 15 is 0 Å². The molecular formula is C16H14Cl2N2. The minimum Gasteiger partial charge on any atom is -0.368 e. The van der Waals surface area contributed by atoms with Gasteiger partial charge in [0.1, 0.15) is 6.07 Å². The van der Waals surface area contributed by atoms with E-state index in [2.05, 4.69) is 17.9 Å². The molecule has 0 amide bonds. The SMILES string of the molecule is CC(c1ccccc1Cl)N(C)c1ccc(C#N)c(Cl)c1. The third-order valence-corrected chi connectivity index (χ3v) is 4.07. The average molecular weight is 305 g/mol. The topological polar surface area (TPSA) is 27.0 Å². The van der Waals surface area contributed by atoms with Gasteiger partial charge in [0, 0.05) is 17.8 Å². The molecule has 1 atom stereocenters. The standard InChI is InChI=1S/C16H14Cl2N2/c1-11(14-5-3-4-6-15(14)17)20(2)13-8-7-12(10-19)16(18)9-13/h3-9,11H,1-2H3. The second kappa shape index (κ2) is 6.17. The van der Waals surface area contributed by atoms with Crippen molar-refractivity contribution in [3.05, 3.63) is 63.6 Å². The molecule has 0 fully saturated rings. The Labute approximate surface area is 129 Å². The minimum atomic E-state index is 0.104. The second-order valence-electron chi connectivity index (χ2n) is 4.58. The Morgan fingerprint density at radius 1 is 1.10 bits per heavy atom. The molecule has 0 aliphatic rings. The predicted molar refractivity (Wildman–Crippen MR) is 84.4 cm³/mol. The highest BCUT2D eigenvalue weighted by atomic mass is 35.5. The summed E-state index contributed by atoms with van der Waals surface area (Å²) in [6.45, 7) is 2.08. The van der Waals surface area contributed by atoms with Crippen molar-refractivity contribution < 1.29 is 0 Å². The summed E-state index contributed by atoms with van der Waals surface area (Å²) in [5.41, 5.74) is 2.48. The second-order valence-corrected chi connectivity index (χ2v) is 5.40. The fraction of sp³-hybridized carbons (Fsp3) is 0.188. The van der Waals surface area contributed by atoms with E-state index in [-0.39, 0.29) is 6.04 Å². The molecule has 2 nitrogen and oxygen atoms in total. The van der Waals surface area contributed by atoms with E-state index < -0.39 is 0 Å². The molecule has 20 heavy (non-hydrogen) atoms. The van der Waals surface area contributed by atoms with Gasteiger partial charge in [0.05, 0.1) is 16.6 Å². The van der Waals surface area contributed by atoms with Crippen LogP contribution in [0.1, 0.15) is 24.1 Å². The number of hydrogen-bond donors (Lipinski definition) is 0. The molecule has 0 aliphatic carbocycles. The van der Waals surface area contributed by atoms with Crippen molar-refractivity contribution in [1.82, 2.24) is 0 Å². The highest BCUT2D eigenvalue weighted by Gasteiger charge is 2.15. The maximum atomic E-state index is 8.91. The molecule has 2 aromatic rings. The van der Waals surface area contributed by atoms with Crippen molar-refractivity contribution in [2.45, 2.75) is 13.0 Å². The molecule has 0 aromatic heterocycles. The molecule has 102 valence electrons. The monoisotopic (exact) mass is 304 g/mol. The first-order valence-electron chi connectivity index (χ1n) is 6.21. The number of hydrogen-bond acceptors (Lipinski definition) is 2. The Morgan fingerprint density at radius 3 is 2.40 bits per heavy atom. The van der Waals surface area contributed by atoms with Crippen LogP contribution in [-0.2, 0) is 0 Å². The molecule has 0 saturated heterocycles. The van der Waals surface area contributed by atoms with Gasteiger partial charge in [0.15, 0.2) is 0 Å². The minimum absolute atomic E-state index is 0.104. The zero-order valence-electron chi connectivity index (χ0n) is 11.3. The van der Waals surface area contributed by atoms with Gasteiger partial charge in [-0.15, -0.1) is 0 Å². The number of rotatable bonds is 3. The third kappa shape index (κ3) is 2.90. The molecule has 2 aromatic carbocycles. The van der Waals surface area contributed by atoms with Crippen molar-refractivity contribution in [3.8, 4) is 6.07 Å². The summed E-state index contributed by atoms with van der Waals surface area (Å²) in [6.07, 6.45) is 0. The summed E-state index contributed by atoms with van der Waals surface area (Å²) in [4.78, 5) is 2.08. The molecule has 0 saturated carbocycles. The van der Waals surface area contributed by atoms with E-state index in [4.69, 9.17) is 28.5 Å². The van der Waals surface area contributed by atoms with Crippen LogP contribution in [-0.4, -0.2) is 7.05 Å². The van der Waals surface area contributed by atoms with Gasteiger partial charge >= 0.3 is 0 Å². The van der Waals surface area contributed by atoms with Crippen LogP contribution >= 0.6 is 23.2 Å². The van der Waals surface area contributed by atoms with E-state index in [1.54, 1.807) is 12.1 Å². The van der Waals surface area contributed by atoms with Gasteiger partial charge in [0.2, 0.25) is 0 Å². The lowest BCUT2D eigenvalue weighted by atomic mass is 10.1. The number of anilines is 1. The first kappa shape index (κ1) is 14.7. The van der Waals surface area contributed by atoms with Gasteiger partial charge in [-0.05, 0) is 36.8 Å². The largest absolute Gasteiger partial charge is 0.368 e. The summed E-state index contributed by atoms with van der Waals surface area (Å²) in [5.74, 6) is 0. The molecule has 4 heteroatoms. The maximum Gasteiger partial charge on any atom is 0.101 e. The highest BCUT2D eigenvalue weighted by molar-refractivity contribution is 6.32. The van der Waals surface area contributed by atoms with Crippen LogP contribution in [0.3, 0.4) is 0 Å². The fourth-order valence-corrected chi connectivity index (χ4v) is 2.57. The van der Waals surface area contributed by atoms with Gasteiger partial charge in [-0.3, -0.25) is 0 Å². The van der Waals surface area contributed by atoms with E-state index in [0.717, 1.165) is 16.3 Å². The number of halogens is 2. The summed E-state index contributed by atoms with van der Waals surface area (Å²) in [5, 5.41) is 10.1. The zero-order valence-corrected chi connectivity index (χ0v) is 12.8. The molecule has 0 spiro atoms. The van der Waals surface area contributed by atoms with Crippen LogP contribution in [0.2, 0.25) is 10.0 Å². The lowest BCUT2D eigenvalue weighted by Crippen LogP contribution is -2.21. The van der Waals surface area contributed by atoms with Gasteiger partial charge in [-0.25, -0.2) is 0 Å². The quantitative estimate of drug-likeness (QED) is 0.792. The van der Waals surface area contributed by atoms with Gasteiger partial charge in [-0.1, -0.05) is 41.4 Å². The van der Waals surface area contributed by atoms with E-state index in [1.165, 1.54) is 0 Å². The molecule has 0 radical (unpaired) electrons. The summed E-state index contributed by atoms with van der Waals surface area (Å²) in [7, 11) is 1.98. The maximum absolute atomic E-state index is 8.91. The molecule has 0 aliphatic heterocycles. The van der Waals surface area contributed by atoms with Crippen LogP contribution in [0.4, 0.5) is 5.69 Å². The van der Waals surface area contributed by atoms with Crippen LogP contribution in [0.25, 0.3) is 0 Å². The number of nitriles is 1. The Kier molecular flexibility index (Phi) is 4.54. The Hall–Kier alpha value is -1.69. The molecule has 2 rings (SSSR count). The molecule has 1 unspecified atom stereocenters. The first-order valence-corrected chi connectivity index (χ1v) is 6.97. The van der Waals surface area contributed by atoms with Crippen LogP contribution in [0.15, 0.2) is 42.5 Å². The fourth-order valence-electron chi connectivity index (χ4n) is 2.06. The third-order valence-electron chi connectivity index (χ3n) is 3.42. The Balaban J connectivity index is 2.32. The van der Waals surface area contributed by atoms with Gasteiger partial charge in [0.25, 0.3) is 0 Å². The Bertz CT molecular complexity index is 662. The normalized spacial score (nSPS) is 11.8. The van der Waals surface area contributed by atoms with Crippen molar-refractivity contribution >= 4 is 28.9 Å². The summed E-state index contributed by atoms with van der Waals surface area (Å²) >= 11 is 12.3. The molecular weight excluding hydrogens is 291 g/mol. The molecule has 0 heterocycles. The predicted octanol–water partition coefficient (Wildman–Crippen LogP) is 5.06. The summed E-state index contributed by atoms with van der Waals surface area (Å²) < 4.78 is 0. The van der Waals surface area contributed by atoms with Gasteiger partial charge in [-0.2, -0.15) is 5.26 Å². The Morgan fingerprint density at radius 2 is 1.80 bits per heavy atom. The van der Waals surface area contributed by atoms with E-state index in [0.29, 0.717) is 10.6 Å². The van der Waals surface area contributed by atoms with Gasteiger partial charge < -0.3 is 4.90 Å². The molecule has 0 bridgehead atoms. The first-order chi connectivity index (χ1) is 9.54. The average Bonchev–Trinajstić information content (AvgIpc) is 2.46. The lowest BCUT2D eigenvalue weighted by Gasteiger charge is -2.28. The van der Waals surface area contributed by atoms with Crippen molar-refractivity contribution in [1.29, 1.82) is 5.26 Å². The summed E-state index contributed by atoms with van der Waals surface area (Å²) in [6, 6.07) is 15.4. The number of nitrogens with zero attached hydrogens (tertiary/aromatic N) is 2. The van der Waals surface area contributed by atoms with E-state index in [9.17, 15) is 0 Å². The van der Waals surface area contributed by atoms with E-state index in [1.807, 2.05) is 37.4 Å². The zero-order chi connectivity index (χ0) is 14.7. The van der Waals surface area contributed by atoms with Crippen molar-refractivity contribution in [2.75, 3.05) is 11.9 Å². The lowest BCUT2D eigenvalue weighted by molar-refractivity contribution is 0.740. The van der Waals surface area contributed by atoms with Crippen LogP contribution < -0.4 is 4.90 Å². The van der Waals surface area contributed by atoms with Crippen LogP contribution in [0, 0.1) is 11.3 Å². The van der Waals surface area contributed by atoms with Crippen LogP contribution in [0.5, 0.6) is 0 Å². The number of benzene rings is 2. The highest BCUT2D eigenvalue weighted by Crippen LogP contribution is 2.31. The smallest absolute Gasteiger partial charge is 0.101 e. The molecule has 0 N–H and O–H groups in total. The van der Waals surface area contributed by atoms with Crippen molar-refractivity contribution in [2.24, 2.45) is 0 Å². The van der Waals surface area contributed by atoms with Crippen molar-refractivity contribution in [3.63, 3.8) is 0 Å².